The summed E-state index contributed by atoms with van der Waals surface area (Å²) in [5.74, 6) is -3.23. The molecule has 5 rings (SSSR count). The zero-order valence-corrected chi connectivity index (χ0v) is 34.0. The van der Waals surface area contributed by atoms with E-state index in [2.05, 4.69) is 27.7 Å². The van der Waals surface area contributed by atoms with Crippen LogP contribution in [-0.4, -0.2) is 86.6 Å². The van der Waals surface area contributed by atoms with Crippen LogP contribution in [0, 0.1) is 16.7 Å². The number of carbonyl (C=O) groups is 3. The third-order valence-electron chi connectivity index (χ3n) is 13.1. The number of esters is 2. The molecule has 2 saturated carbocycles. The number of fused-ring (bicyclic) bond motifs is 6. The van der Waals surface area contributed by atoms with Crippen molar-refractivity contribution in [1.82, 2.24) is 0 Å². The maximum absolute atomic E-state index is 14.4. The van der Waals surface area contributed by atoms with Crippen molar-refractivity contribution >= 4 is 26.4 Å². The first-order valence-electron chi connectivity index (χ1n) is 18.9. The van der Waals surface area contributed by atoms with E-state index in [1.807, 2.05) is 40.7 Å². The van der Waals surface area contributed by atoms with Gasteiger partial charge in [0, 0.05) is 24.2 Å². The Morgan fingerprint density at radius 3 is 2.17 bits per heavy atom. The number of methoxy groups -OCH3 is 1. The van der Waals surface area contributed by atoms with Crippen LogP contribution in [0.2, 0.25) is 18.1 Å². The Bertz CT molecular complexity index is 1530. The van der Waals surface area contributed by atoms with Gasteiger partial charge in [0.1, 0.15) is 24.4 Å². The van der Waals surface area contributed by atoms with Crippen LogP contribution >= 0.6 is 0 Å². The number of rotatable bonds is 10. The molecule has 1 aliphatic heterocycles. The number of ether oxygens (including phenoxy) is 6. The van der Waals surface area contributed by atoms with E-state index in [9.17, 15) is 19.5 Å². The van der Waals surface area contributed by atoms with E-state index >= 15 is 0 Å². The van der Waals surface area contributed by atoms with E-state index in [1.54, 1.807) is 24.3 Å². The summed E-state index contributed by atoms with van der Waals surface area (Å²) in [5.41, 5.74) is -3.31. The first-order valence-corrected chi connectivity index (χ1v) is 21.5. The molecule has 1 heterocycles. The lowest BCUT2D eigenvalue weighted by Gasteiger charge is -2.64. The lowest BCUT2D eigenvalue weighted by molar-refractivity contribution is -0.269. The monoisotopic (exact) mass is 744 g/mol. The normalized spacial score (nSPS) is 35.0. The highest BCUT2D eigenvalue weighted by Gasteiger charge is 2.74. The zero-order valence-electron chi connectivity index (χ0n) is 33.0. The number of benzene rings is 1. The van der Waals surface area contributed by atoms with Gasteiger partial charge in [-0.3, -0.25) is 4.79 Å². The number of carbonyl (C=O) groups excluding carboxylic acids is 3. The average molecular weight is 745 g/mol. The van der Waals surface area contributed by atoms with E-state index in [0.717, 1.165) is 29.3 Å². The lowest BCUT2D eigenvalue weighted by Crippen LogP contribution is -2.74. The van der Waals surface area contributed by atoms with E-state index in [4.69, 9.17) is 32.8 Å². The molecule has 3 fully saturated rings. The van der Waals surface area contributed by atoms with Gasteiger partial charge in [0.25, 0.3) is 0 Å². The van der Waals surface area contributed by atoms with Crippen molar-refractivity contribution in [3.63, 3.8) is 0 Å². The van der Waals surface area contributed by atoms with Gasteiger partial charge in [-0.05, 0) is 81.4 Å². The summed E-state index contributed by atoms with van der Waals surface area (Å²) >= 11 is 0. The van der Waals surface area contributed by atoms with Gasteiger partial charge >= 0.3 is 18.1 Å². The minimum absolute atomic E-state index is 0.104. The van der Waals surface area contributed by atoms with Gasteiger partial charge in [-0.2, -0.15) is 0 Å². The van der Waals surface area contributed by atoms with Gasteiger partial charge in [0.15, 0.2) is 19.7 Å². The molecular formula is C40H60O11Si. The highest BCUT2D eigenvalue weighted by Crippen LogP contribution is 2.66. The Hall–Kier alpha value is -2.77. The third kappa shape index (κ3) is 6.76. The van der Waals surface area contributed by atoms with E-state index < -0.39 is 84.6 Å². The molecule has 3 aliphatic carbocycles. The van der Waals surface area contributed by atoms with Crippen LogP contribution in [0.25, 0.3) is 0 Å². The van der Waals surface area contributed by atoms with Gasteiger partial charge in [-0.15, -0.1) is 0 Å². The van der Waals surface area contributed by atoms with Gasteiger partial charge in [-0.25, -0.2) is 9.59 Å². The molecule has 8 atom stereocenters. The van der Waals surface area contributed by atoms with Crippen molar-refractivity contribution in [2.75, 3.05) is 13.7 Å². The minimum Gasteiger partial charge on any atom is -0.462 e. The molecule has 290 valence electrons. The van der Waals surface area contributed by atoms with Crippen molar-refractivity contribution in [1.29, 1.82) is 0 Å². The van der Waals surface area contributed by atoms with Crippen molar-refractivity contribution in [3.8, 4) is 0 Å². The Kier molecular flexibility index (Phi) is 11.2. The summed E-state index contributed by atoms with van der Waals surface area (Å²) < 4.78 is 44.9. The molecule has 0 spiro atoms. The van der Waals surface area contributed by atoms with E-state index in [1.165, 1.54) is 14.0 Å². The molecule has 0 unspecified atom stereocenters. The van der Waals surface area contributed by atoms with Gasteiger partial charge < -0.3 is 38.0 Å². The molecule has 4 aliphatic rings. The Labute approximate surface area is 310 Å². The van der Waals surface area contributed by atoms with E-state index in [0.29, 0.717) is 18.4 Å². The summed E-state index contributed by atoms with van der Waals surface area (Å²) in [6, 6.07) is 11.3. The molecule has 1 aromatic rings. The number of hydrogen-bond donors (Lipinski definition) is 1. The molecule has 0 aromatic heterocycles. The molecule has 11 nitrogen and oxygen atoms in total. The summed E-state index contributed by atoms with van der Waals surface area (Å²) in [7, 11) is -1.05. The SMILES string of the molecule is CC[Si](CC)(CC)O[C@H]1C[C@@]2(O)[C@@H](OC(=O)c3ccccc3)[C@@H]3[C@@](COC(C)=O)(OC(=O)OC)CCC[C@@]3(C)[C@H]3OC(C)(C)O[C@@H]3C(=C1C)C2(C)C. The highest BCUT2D eigenvalue weighted by molar-refractivity contribution is 6.73. The van der Waals surface area contributed by atoms with E-state index in [-0.39, 0.29) is 19.4 Å². The first kappa shape index (κ1) is 40.4. The fourth-order valence-electron chi connectivity index (χ4n) is 10.1. The standard InChI is InChI=1S/C40H60O11Si/c1-12-52(13-2,14-3)51-28-23-40(44)33(47-34(42)27-19-16-15-17-20-27)31-38(10,21-18-22-39(31,24-46-26(5)41)50-35(43)45-11)32-30(48-37(8,9)49-32)29(25(28)4)36(40,6)7/h15-17,19-20,28,30-33,44H,12-14,18,21-24H2,1-11H3/t28-,30+,31-,32-,33-,38+,39+,40+/m0/s1. The Balaban J connectivity index is 1.87. The van der Waals surface area contributed by atoms with Crippen molar-refractivity contribution in [3.05, 3.63) is 47.0 Å². The second-order valence-corrected chi connectivity index (χ2v) is 21.3. The van der Waals surface area contributed by atoms with Crippen LogP contribution in [0.1, 0.15) is 105 Å². The van der Waals surface area contributed by atoms with Crippen LogP contribution in [0.4, 0.5) is 4.79 Å². The minimum atomic E-state index is -2.27. The largest absolute Gasteiger partial charge is 0.508 e. The third-order valence-corrected chi connectivity index (χ3v) is 17.7. The smallest absolute Gasteiger partial charge is 0.462 e. The molecule has 0 amide bonds. The molecule has 1 aromatic carbocycles. The van der Waals surface area contributed by atoms with Gasteiger partial charge in [0.05, 0.1) is 30.8 Å². The molecule has 12 heteroatoms. The summed E-state index contributed by atoms with van der Waals surface area (Å²) in [6.07, 6.45) is -2.67. The Morgan fingerprint density at radius 1 is 0.962 bits per heavy atom. The number of aliphatic hydroxyl groups is 1. The first-order chi connectivity index (χ1) is 24.3. The second kappa shape index (κ2) is 14.5. The van der Waals surface area contributed by atoms with Crippen LogP contribution < -0.4 is 0 Å². The van der Waals surface area contributed by atoms with Gasteiger partial charge in [-0.1, -0.05) is 59.7 Å². The van der Waals surface area contributed by atoms with Crippen LogP contribution in [0.3, 0.4) is 0 Å². The van der Waals surface area contributed by atoms with Crippen LogP contribution in [0.5, 0.6) is 0 Å². The average Bonchev–Trinajstić information content (AvgIpc) is 3.42. The molecule has 1 saturated heterocycles. The Morgan fingerprint density at radius 2 is 1.60 bits per heavy atom. The fraction of sp³-hybridized carbons (Fsp3) is 0.725. The zero-order chi connectivity index (χ0) is 38.5. The van der Waals surface area contributed by atoms with Crippen LogP contribution in [0.15, 0.2) is 41.5 Å². The topological polar surface area (TPSA) is 136 Å². The van der Waals surface area contributed by atoms with Crippen molar-refractivity contribution in [2.45, 2.75) is 154 Å². The van der Waals surface area contributed by atoms with Crippen molar-refractivity contribution < 1.29 is 52.3 Å². The maximum atomic E-state index is 14.4. The predicted molar refractivity (Wildman–Crippen MR) is 196 cm³/mol. The molecule has 0 radical (unpaired) electrons. The fourth-order valence-corrected chi connectivity index (χ4v) is 12.9. The predicted octanol–water partition coefficient (Wildman–Crippen LogP) is 7.50. The molecular weight excluding hydrogens is 685 g/mol. The lowest BCUT2D eigenvalue weighted by atomic mass is 9.46. The quantitative estimate of drug-likeness (QED) is 0.110. The van der Waals surface area contributed by atoms with Crippen molar-refractivity contribution in [2.24, 2.45) is 16.7 Å². The summed E-state index contributed by atoms with van der Waals surface area (Å²) in [5, 5.41) is 13.8. The molecule has 2 bridgehead atoms. The summed E-state index contributed by atoms with van der Waals surface area (Å²) in [4.78, 5) is 40.1. The maximum Gasteiger partial charge on any atom is 0.508 e. The van der Waals surface area contributed by atoms with Gasteiger partial charge in [0.2, 0.25) is 0 Å². The van der Waals surface area contributed by atoms with Crippen LogP contribution in [-0.2, 0) is 37.6 Å². The summed E-state index contributed by atoms with van der Waals surface area (Å²) in [6.45, 7) is 19.2. The molecule has 52 heavy (non-hydrogen) atoms. The highest BCUT2D eigenvalue weighted by atomic mass is 28.4. The number of hydrogen-bond acceptors (Lipinski definition) is 11. The molecule has 1 N–H and O–H groups in total. The second-order valence-electron chi connectivity index (χ2n) is 16.6.